The van der Waals surface area contributed by atoms with Gasteiger partial charge < -0.3 is 14.2 Å². The summed E-state index contributed by atoms with van der Waals surface area (Å²) in [6.45, 7) is 5.75. The van der Waals surface area contributed by atoms with Crippen molar-refractivity contribution >= 4 is 20.5 Å². The average molecular weight is 293 g/mol. The third-order valence-corrected chi connectivity index (χ3v) is 3.52. The Balaban J connectivity index is 5.20. The predicted octanol–water partition coefficient (Wildman–Crippen LogP) is 1.57. The maximum Gasteiger partial charge on any atom is 0.408 e. The number of nitrogens with one attached hydrogen (secondary N) is 1. The van der Waals surface area contributed by atoms with E-state index in [9.17, 15) is 14.2 Å². The van der Waals surface area contributed by atoms with Crippen LogP contribution in [0.5, 0.6) is 0 Å². The Bertz CT molecular complexity index is 324. The van der Waals surface area contributed by atoms with Crippen LogP contribution < -0.4 is 5.32 Å². The minimum atomic E-state index is -1.71. The number of methoxy groups -OCH3 is 1. The Hall–Kier alpha value is -1.20. The van der Waals surface area contributed by atoms with Crippen molar-refractivity contribution in [1.82, 2.24) is 5.32 Å². The van der Waals surface area contributed by atoms with Crippen molar-refractivity contribution in [3.8, 4) is 0 Å². The van der Waals surface area contributed by atoms with Gasteiger partial charge in [-0.05, 0) is 13.8 Å². The molecule has 0 aliphatic heterocycles. The van der Waals surface area contributed by atoms with E-state index >= 15 is 0 Å². The summed E-state index contributed by atoms with van der Waals surface area (Å²) in [7, 11) is 0.569. The molecule has 0 heterocycles. The van der Waals surface area contributed by atoms with Gasteiger partial charge in [0.1, 0.15) is 0 Å². The molecule has 1 N–H and O–H groups in total. The number of carbonyl (C=O) groups excluding carboxylic acids is 2. The summed E-state index contributed by atoms with van der Waals surface area (Å²) in [4.78, 5) is 23.3. The molecule has 0 saturated heterocycles. The Morgan fingerprint density at radius 2 is 1.95 bits per heavy atom. The lowest BCUT2D eigenvalue weighted by atomic mass is 10.0. The first-order valence-corrected chi connectivity index (χ1v) is 6.75. The molecule has 0 aliphatic rings. The van der Waals surface area contributed by atoms with Gasteiger partial charge in [-0.1, -0.05) is 6.92 Å². The zero-order valence-electron chi connectivity index (χ0n) is 11.6. The first-order valence-electron chi connectivity index (χ1n) is 5.94. The second-order valence-electron chi connectivity index (χ2n) is 3.76. The summed E-state index contributed by atoms with van der Waals surface area (Å²) in [5.74, 6) is -1.34. The first kappa shape index (κ1) is 17.8. The third-order valence-electron chi connectivity index (χ3n) is 2.49. The first-order chi connectivity index (χ1) is 8.98. The lowest BCUT2D eigenvalue weighted by molar-refractivity contribution is -0.149. The van der Waals surface area contributed by atoms with Crippen LogP contribution in [0.2, 0.25) is 0 Å². The number of carbonyl (C=O) groups is 2. The summed E-state index contributed by atoms with van der Waals surface area (Å²) in [6.07, 6.45) is -0.861. The Kier molecular flexibility index (Phi) is 8.27. The van der Waals surface area contributed by atoms with E-state index in [1.807, 2.05) is 0 Å². The Morgan fingerprint density at radius 3 is 2.37 bits per heavy atom. The summed E-state index contributed by atoms with van der Waals surface area (Å²) >= 11 is 0. The van der Waals surface area contributed by atoms with E-state index in [0.29, 0.717) is 6.61 Å². The smallest absolute Gasteiger partial charge is 0.408 e. The van der Waals surface area contributed by atoms with Crippen molar-refractivity contribution in [2.24, 2.45) is 5.92 Å². The molecule has 0 rings (SSSR count). The fraction of sp³-hybridized carbons (Fsp3) is 0.818. The van der Waals surface area contributed by atoms with Crippen molar-refractivity contribution in [3.63, 3.8) is 0 Å². The molecular formula is C11H20NO6P. The van der Waals surface area contributed by atoms with Crippen LogP contribution in [-0.4, -0.2) is 44.3 Å². The van der Waals surface area contributed by atoms with Crippen molar-refractivity contribution in [1.29, 1.82) is 0 Å². The van der Waals surface area contributed by atoms with Gasteiger partial charge in [-0.2, -0.15) is 0 Å². The number of alkyl carbamates (subject to hydrolysis) is 1. The second-order valence-corrected chi connectivity index (χ2v) is 4.64. The zero-order valence-corrected chi connectivity index (χ0v) is 12.5. The molecule has 0 aromatic heterocycles. The monoisotopic (exact) mass is 293 g/mol. The fourth-order valence-electron chi connectivity index (χ4n) is 1.39. The van der Waals surface area contributed by atoms with Crippen LogP contribution in [0, 0.1) is 5.92 Å². The third kappa shape index (κ3) is 4.76. The van der Waals surface area contributed by atoms with Crippen molar-refractivity contribution < 1.29 is 28.4 Å². The van der Waals surface area contributed by atoms with E-state index in [0.717, 1.165) is 7.11 Å². The quantitative estimate of drug-likeness (QED) is 0.539. The molecule has 110 valence electrons. The number of esters is 1. The van der Waals surface area contributed by atoms with Gasteiger partial charge in [-0.15, -0.1) is 0 Å². The molecule has 0 radical (unpaired) electrons. The molecule has 0 fully saturated rings. The van der Waals surface area contributed by atoms with Gasteiger partial charge in [0.15, 0.2) is 8.46 Å². The highest BCUT2D eigenvalue weighted by Gasteiger charge is 2.48. The van der Waals surface area contributed by atoms with Crippen molar-refractivity contribution in [2.75, 3.05) is 26.9 Å². The molecule has 0 saturated carbocycles. The number of hydrogen-bond acceptors (Lipinski definition) is 6. The van der Waals surface area contributed by atoms with E-state index in [1.54, 1.807) is 20.8 Å². The molecule has 8 heteroatoms. The van der Waals surface area contributed by atoms with Crippen LogP contribution in [0.4, 0.5) is 4.79 Å². The molecule has 1 unspecified atom stereocenters. The molecule has 19 heavy (non-hydrogen) atoms. The molecule has 1 amide bonds. The van der Waals surface area contributed by atoms with Crippen molar-refractivity contribution in [2.45, 2.75) is 26.1 Å². The number of hydrogen-bond donors (Lipinski definition) is 1. The average Bonchev–Trinajstić information content (AvgIpc) is 2.41. The fourth-order valence-corrected chi connectivity index (χ4v) is 1.92. The highest BCUT2D eigenvalue weighted by atomic mass is 31.1. The predicted molar refractivity (Wildman–Crippen MR) is 68.2 cm³/mol. The summed E-state index contributed by atoms with van der Waals surface area (Å²) in [5, 5.41) is 0.573. The van der Waals surface area contributed by atoms with E-state index in [-0.39, 0.29) is 13.2 Å². The van der Waals surface area contributed by atoms with Crippen LogP contribution in [0.25, 0.3) is 0 Å². The Morgan fingerprint density at radius 1 is 1.32 bits per heavy atom. The molecule has 0 aliphatic carbocycles. The maximum absolute atomic E-state index is 12.0. The molecule has 0 aromatic carbocycles. The van der Waals surface area contributed by atoms with Gasteiger partial charge in [0.25, 0.3) is 0 Å². The molecule has 0 bridgehead atoms. The van der Waals surface area contributed by atoms with Crippen LogP contribution in [0.3, 0.4) is 0 Å². The van der Waals surface area contributed by atoms with Gasteiger partial charge in [0, 0.05) is 12.5 Å². The van der Waals surface area contributed by atoms with E-state index in [2.05, 4.69) is 10.1 Å². The highest BCUT2D eigenvalue weighted by molar-refractivity contribution is 7.27. The van der Waals surface area contributed by atoms with Gasteiger partial charge in [0.05, 0.1) is 20.3 Å². The zero-order chi connectivity index (χ0) is 14.9. The molecule has 7 nitrogen and oxygen atoms in total. The lowest BCUT2D eigenvalue weighted by Gasteiger charge is -2.30. The standard InChI is InChI=1S/C11H20NO6P/c1-5-17-7-8(3)11(19-15,9(13)18-6-2)12-10(14)16-4/h8H,5-7H2,1-4H3,(H,12,14)/t8?,11-/m0/s1. The largest absolute Gasteiger partial charge is 0.464 e. The molecule has 0 aromatic rings. The summed E-state index contributed by atoms with van der Waals surface area (Å²) < 4.78 is 26.0. The number of rotatable bonds is 8. The second kappa shape index (κ2) is 8.82. The SMILES string of the molecule is CCOCC(C)[C@](NC(=O)OC)(P=O)C(=O)OCC. The minimum absolute atomic E-state index is 0.111. The molecular weight excluding hydrogens is 273 g/mol. The van der Waals surface area contributed by atoms with E-state index in [1.165, 1.54) is 0 Å². The summed E-state index contributed by atoms with van der Waals surface area (Å²) in [5.41, 5.74) is 0. The van der Waals surface area contributed by atoms with Crippen LogP contribution in [0.15, 0.2) is 0 Å². The van der Waals surface area contributed by atoms with Crippen LogP contribution >= 0.6 is 8.46 Å². The minimum Gasteiger partial charge on any atom is -0.464 e. The van der Waals surface area contributed by atoms with Gasteiger partial charge >= 0.3 is 12.1 Å². The van der Waals surface area contributed by atoms with Crippen LogP contribution in [-0.2, 0) is 23.6 Å². The molecule has 0 spiro atoms. The van der Waals surface area contributed by atoms with Crippen molar-refractivity contribution in [3.05, 3.63) is 0 Å². The van der Waals surface area contributed by atoms with Gasteiger partial charge in [-0.25, -0.2) is 9.59 Å². The van der Waals surface area contributed by atoms with Gasteiger partial charge in [-0.3, -0.25) is 9.88 Å². The highest BCUT2D eigenvalue weighted by Crippen LogP contribution is 2.31. The van der Waals surface area contributed by atoms with Gasteiger partial charge in [0.2, 0.25) is 5.28 Å². The summed E-state index contributed by atoms with van der Waals surface area (Å²) in [6, 6.07) is 0. The van der Waals surface area contributed by atoms with E-state index in [4.69, 9.17) is 9.47 Å². The Labute approximate surface area is 114 Å². The lowest BCUT2D eigenvalue weighted by Crippen LogP contribution is -2.56. The van der Waals surface area contributed by atoms with E-state index < -0.39 is 31.7 Å². The van der Waals surface area contributed by atoms with Crippen LogP contribution in [0.1, 0.15) is 20.8 Å². The number of ether oxygens (including phenoxy) is 3. The number of amides is 1. The molecule has 2 atom stereocenters. The topological polar surface area (TPSA) is 90.9 Å². The maximum atomic E-state index is 12.0. The normalized spacial score (nSPS) is 15.4.